The number of fused-ring (bicyclic) bond motifs is 3. The van der Waals surface area contributed by atoms with E-state index in [0.29, 0.717) is 41.8 Å². The Morgan fingerprint density at radius 2 is 1.82 bits per heavy atom. The van der Waals surface area contributed by atoms with Gasteiger partial charge < -0.3 is 9.64 Å². The summed E-state index contributed by atoms with van der Waals surface area (Å²) in [4.78, 5) is 41.8. The first kappa shape index (κ1) is 24.3. The van der Waals surface area contributed by atoms with Crippen LogP contribution in [0.3, 0.4) is 0 Å². The van der Waals surface area contributed by atoms with Crippen molar-refractivity contribution < 1.29 is 23.5 Å². The molecule has 2 saturated carbocycles. The highest BCUT2D eigenvalue weighted by Crippen LogP contribution is 2.49. The van der Waals surface area contributed by atoms with Gasteiger partial charge in [-0.25, -0.2) is 4.39 Å². The molecule has 2 unspecified atom stereocenters. The summed E-state index contributed by atoms with van der Waals surface area (Å²) in [5.74, 6) is -0.470. The maximum absolute atomic E-state index is 14.5. The van der Waals surface area contributed by atoms with E-state index in [1.165, 1.54) is 6.07 Å². The predicted molar refractivity (Wildman–Crippen MR) is 137 cm³/mol. The van der Waals surface area contributed by atoms with Crippen molar-refractivity contribution in [3.8, 4) is 11.8 Å². The van der Waals surface area contributed by atoms with E-state index >= 15 is 0 Å². The third-order valence-electron chi connectivity index (χ3n) is 9.50. The van der Waals surface area contributed by atoms with Crippen LogP contribution in [0, 0.1) is 23.1 Å². The number of nitrogens with zero attached hydrogens (tertiary/aromatic N) is 3. The van der Waals surface area contributed by atoms with Crippen LogP contribution in [-0.4, -0.2) is 58.3 Å². The van der Waals surface area contributed by atoms with Gasteiger partial charge in [0, 0.05) is 43.1 Å². The smallest absolute Gasteiger partial charge is 0.255 e. The van der Waals surface area contributed by atoms with Crippen LogP contribution in [0.2, 0.25) is 0 Å². The first-order chi connectivity index (χ1) is 18.9. The molecule has 0 radical (unpaired) electrons. The van der Waals surface area contributed by atoms with Crippen molar-refractivity contribution in [1.29, 1.82) is 5.26 Å². The molecule has 0 spiro atoms. The number of carbonyl (C=O) groups is 3. The third kappa shape index (κ3) is 3.76. The number of nitriles is 1. The van der Waals surface area contributed by atoms with E-state index in [-0.39, 0.29) is 47.5 Å². The molecule has 2 aliphatic carbocycles. The average Bonchev–Trinajstić information content (AvgIpc) is 3.20. The Bertz CT molecular complexity index is 1440. The normalized spacial score (nSPS) is 30.2. The lowest BCUT2D eigenvalue weighted by molar-refractivity contribution is -0.160. The second-order valence-corrected chi connectivity index (χ2v) is 11.7. The minimum absolute atomic E-state index is 0.00196. The standard InChI is InChI=1S/C30H29FN4O4/c31-24-9-17(13-32)5-7-22(24)20-14-34(15-20)25-3-1-2-4-26(25)39-21-6-8-23-18(10-21)16-35(28(23)37)30-11-19(12-30)27(36)33-29(30)38/h5-10,19-20,25-26H,1-4,11-12,14-16H2,(H,33,36,38). The van der Waals surface area contributed by atoms with Crippen molar-refractivity contribution >= 4 is 17.7 Å². The van der Waals surface area contributed by atoms with Crippen molar-refractivity contribution in [3.05, 3.63) is 64.5 Å². The number of nitrogens with one attached hydrogen (secondary N) is 1. The molecule has 0 aromatic heterocycles. The van der Waals surface area contributed by atoms with Gasteiger partial charge in [0.05, 0.1) is 11.6 Å². The Morgan fingerprint density at radius 1 is 1.03 bits per heavy atom. The summed E-state index contributed by atoms with van der Waals surface area (Å²) in [6, 6.07) is 12.5. The number of likely N-dealkylation sites (tertiary alicyclic amines) is 1. The van der Waals surface area contributed by atoms with Crippen LogP contribution in [-0.2, 0) is 16.1 Å². The van der Waals surface area contributed by atoms with Gasteiger partial charge in [-0.15, -0.1) is 0 Å². The second-order valence-electron chi connectivity index (χ2n) is 11.7. The third-order valence-corrected chi connectivity index (χ3v) is 9.50. The van der Waals surface area contributed by atoms with E-state index in [9.17, 15) is 18.8 Å². The highest BCUT2D eigenvalue weighted by Gasteiger charge is 2.63. The molecule has 2 aromatic carbocycles. The molecule has 3 amide bonds. The molecule has 5 fully saturated rings. The summed E-state index contributed by atoms with van der Waals surface area (Å²) in [5.41, 5.74) is 1.50. The summed E-state index contributed by atoms with van der Waals surface area (Å²) in [6.45, 7) is 1.85. The summed E-state index contributed by atoms with van der Waals surface area (Å²) < 4.78 is 21.1. The molecule has 1 N–H and O–H groups in total. The molecule has 39 heavy (non-hydrogen) atoms. The van der Waals surface area contributed by atoms with E-state index in [4.69, 9.17) is 10.00 Å². The predicted octanol–water partition coefficient (Wildman–Crippen LogP) is 3.25. The van der Waals surface area contributed by atoms with Crippen LogP contribution in [0.25, 0.3) is 0 Å². The van der Waals surface area contributed by atoms with Crippen molar-refractivity contribution in [3.63, 3.8) is 0 Å². The highest BCUT2D eigenvalue weighted by atomic mass is 19.1. The number of rotatable bonds is 5. The minimum atomic E-state index is -0.924. The van der Waals surface area contributed by atoms with Crippen LogP contribution in [0.1, 0.15) is 71.5 Å². The number of carbonyl (C=O) groups excluding carboxylic acids is 3. The fourth-order valence-corrected chi connectivity index (χ4v) is 7.23. The topological polar surface area (TPSA) is 103 Å². The molecule has 3 saturated heterocycles. The Morgan fingerprint density at radius 3 is 2.56 bits per heavy atom. The van der Waals surface area contributed by atoms with E-state index in [1.54, 1.807) is 23.1 Å². The van der Waals surface area contributed by atoms with Crippen LogP contribution in [0.4, 0.5) is 4.39 Å². The largest absolute Gasteiger partial charge is 0.489 e. The van der Waals surface area contributed by atoms with Crippen LogP contribution < -0.4 is 10.1 Å². The van der Waals surface area contributed by atoms with Gasteiger partial charge in [-0.3, -0.25) is 24.6 Å². The minimum Gasteiger partial charge on any atom is -0.489 e. The highest BCUT2D eigenvalue weighted by molar-refractivity contribution is 6.10. The maximum Gasteiger partial charge on any atom is 0.255 e. The molecular formula is C30H29FN4O4. The van der Waals surface area contributed by atoms with Gasteiger partial charge in [-0.1, -0.05) is 12.5 Å². The maximum atomic E-state index is 14.5. The first-order valence-corrected chi connectivity index (χ1v) is 13.8. The van der Waals surface area contributed by atoms with Gasteiger partial charge >= 0.3 is 0 Å². The van der Waals surface area contributed by atoms with Crippen molar-refractivity contribution in [2.24, 2.45) is 5.92 Å². The van der Waals surface area contributed by atoms with Crippen molar-refractivity contribution in [1.82, 2.24) is 15.1 Å². The number of amides is 3. The lowest BCUT2D eigenvalue weighted by atomic mass is 9.63. The molecule has 4 aliphatic heterocycles. The molecule has 8 nitrogen and oxygen atoms in total. The molecule has 2 aromatic rings. The van der Waals surface area contributed by atoms with Crippen LogP contribution in [0.15, 0.2) is 36.4 Å². The van der Waals surface area contributed by atoms with E-state index in [1.807, 2.05) is 18.2 Å². The van der Waals surface area contributed by atoms with Crippen molar-refractivity contribution in [2.75, 3.05) is 13.1 Å². The molecule has 9 heteroatoms. The Labute approximate surface area is 225 Å². The Balaban J connectivity index is 1.03. The van der Waals surface area contributed by atoms with Gasteiger partial charge in [0.1, 0.15) is 23.2 Å². The lowest BCUT2D eigenvalue weighted by Gasteiger charge is -2.53. The fourth-order valence-electron chi connectivity index (χ4n) is 7.23. The van der Waals surface area contributed by atoms with Crippen LogP contribution in [0.5, 0.6) is 5.75 Å². The number of hydrogen-bond acceptors (Lipinski definition) is 6. The number of benzene rings is 2. The molecule has 4 heterocycles. The summed E-state index contributed by atoms with van der Waals surface area (Å²) in [6.07, 6.45) is 4.94. The van der Waals surface area contributed by atoms with Gasteiger partial charge in [0.25, 0.3) is 11.8 Å². The van der Waals surface area contributed by atoms with Crippen molar-refractivity contribution in [2.45, 2.75) is 68.7 Å². The Hall–Kier alpha value is -3.77. The fraction of sp³-hybridized carbons (Fsp3) is 0.467. The van der Waals surface area contributed by atoms with Crippen LogP contribution >= 0.6 is 0 Å². The zero-order valence-corrected chi connectivity index (χ0v) is 21.5. The lowest BCUT2D eigenvalue weighted by Crippen LogP contribution is -2.73. The molecule has 2 bridgehead atoms. The van der Waals surface area contributed by atoms with Gasteiger partial charge in [-0.2, -0.15) is 5.26 Å². The number of piperidine rings is 2. The van der Waals surface area contributed by atoms with E-state index in [0.717, 1.165) is 44.3 Å². The zero-order valence-electron chi connectivity index (χ0n) is 21.5. The monoisotopic (exact) mass is 528 g/mol. The second kappa shape index (κ2) is 8.88. The molecule has 200 valence electrons. The number of halogens is 1. The quantitative estimate of drug-likeness (QED) is 0.598. The zero-order chi connectivity index (χ0) is 26.9. The number of imide groups is 1. The van der Waals surface area contributed by atoms with Gasteiger partial charge in [0.2, 0.25) is 5.91 Å². The first-order valence-electron chi connectivity index (χ1n) is 13.8. The SMILES string of the molecule is N#Cc1ccc(C2CN(C3CCCCC3Oc3ccc4c(c3)CN(C35CC(C3)C(=O)NC5=O)C4=O)C2)c(F)c1. The summed E-state index contributed by atoms with van der Waals surface area (Å²) in [5, 5.41) is 11.4. The summed E-state index contributed by atoms with van der Waals surface area (Å²) in [7, 11) is 0. The summed E-state index contributed by atoms with van der Waals surface area (Å²) >= 11 is 0. The molecular weight excluding hydrogens is 499 g/mol. The number of hydrogen-bond donors (Lipinski definition) is 1. The van der Waals surface area contributed by atoms with E-state index < -0.39 is 5.54 Å². The molecule has 8 rings (SSSR count). The van der Waals surface area contributed by atoms with Gasteiger partial charge in [0.15, 0.2) is 0 Å². The average molecular weight is 529 g/mol. The van der Waals surface area contributed by atoms with Gasteiger partial charge in [-0.05, 0) is 73.6 Å². The number of ether oxygens (including phenoxy) is 1. The molecule has 6 aliphatic rings. The van der Waals surface area contributed by atoms with E-state index in [2.05, 4.69) is 10.2 Å². The molecule has 2 atom stereocenters. The Kier molecular flexibility index (Phi) is 5.53.